The molecule has 4 heteroatoms. The van der Waals surface area contributed by atoms with Gasteiger partial charge < -0.3 is 9.52 Å². The normalized spacial score (nSPS) is 12.8. The van der Waals surface area contributed by atoms with E-state index >= 15 is 0 Å². The van der Waals surface area contributed by atoms with Crippen LogP contribution in [0.4, 0.5) is 4.39 Å². The van der Waals surface area contributed by atoms with Gasteiger partial charge in [0, 0.05) is 17.1 Å². The number of furan rings is 1. The molecule has 0 saturated carbocycles. The molecule has 0 aliphatic rings. The van der Waals surface area contributed by atoms with Crippen LogP contribution in [-0.4, -0.2) is 10.1 Å². The van der Waals surface area contributed by atoms with E-state index in [4.69, 9.17) is 4.42 Å². The highest BCUT2D eigenvalue weighted by Crippen LogP contribution is 2.27. The minimum Gasteiger partial charge on any atom is -0.458 e. The predicted molar refractivity (Wildman–Crippen MR) is 64.5 cm³/mol. The number of aliphatic hydroxyl groups is 1. The van der Waals surface area contributed by atoms with Gasteiger partial charge in [-0.05, 0) is 18.2 Å². The van der Waals surface area contributed by atoms with Crippen molar-refractivity contribution in [3.05, 3.63) is 65.9 Å². The maximum atomic E-state index is 13.0. The molecule has 1 atom stereocenters. The van der Waals surface area contributed by atoms with Crippen LogP contribution in [0.3, 0.4) is 0 Å². The summed E-state index contributed by atoms with van der Waals surface area (Å²) in [5, 5.41) is 11.0. The van der Waals surface area contributed by atoms with Gasteiger partial charge in [0.25, 0.3) is 0 Å². The van der Waals surface area contributed by atoms with Gasteiger partial charge in [-0.15, -0.1) is 0 Å². The first-order chi connectivity index (χ1) is 8.74. The van der Waals surface area contributed by atoms with Crippen LogP contribution in [0.2, 0.25) is 0 Å². The van der Waals surface area contributed by atoms with E-state index in [1.54, 1.807) is 6.07 Å². The number of benzene rings is 1. The molecule has 0 radical (unpaired) electrons. The molecule has 3 aromatic rings. The number of pyridine rings is 1. The van der Waals surface area contributed by atoms with Crippen molar-refractivity contribution < 1.29 is 13.9 Å². The Kier molecular flexibility index (Phi) is 2.57. The van der Waals surface area contributed by atoms with E-state index in [1.165, 1.54) is 12.3 Å². The highest BCUT2D eigenvalue weighted by Gasteiger charge is 2.16. The second kappa shape index (κ2) is 4.23. The molecule has 0 bridgehead atoms. The SMILES string of the molecule is OC(c1cncc(F)c1)c1cc2ccccc2o1. The van der Waals surface area contributed by atoms with Crippen LogP contribution >= 0.6 is 0 Å². The van der Waals surface area contributed by atoms with Gasteiger partial charge in [0.15, 0.2) is 0 Å². The summed E-state index contributed by atoms with van der Waals surface area (Å²) in [7, 11) is 0. The maximum absolute atomic E-state index is 13.0. The average Bonchev–Trinajstić information content (AvgIpc) is 2.81. The zero-order valence-electron chi connectivity index (χ0n) is 9.38. The van der Waals surface area contributed by atoms with Crippen LogP contribution in [-0.2, 0) is 0 Å². The number of fused-ring (bicyclic) bond motifs is 1. The quantitative estimate of drug-likeness (QED) is 0.752. The van der Waals surface area contributed by atoms with Crippen molar-refractivity contribution in [3.8, 4) is 0 Å². The van der Waals surface area contributed by atoms with Gasteiger partial charge in [0.1, 0.15) is 23.3 Å². The molecule has 1 unspecified atom stereocenters. The fourth-order valence-corrected chi connectivity index (χ4v) is 1.88. The second-order valence-electron chi connectivity index (χ2n) is 4.03. The third-order valence-corrected chi connectivity index (χ3v) is 2.76. The van der Waals surface area contributed by atoms with Crippen molar-refractivity contribution in [1.82, 2.24) is 4.98 Å². The van der Waals surface area contributed by atoms with Crippen LogP contribution in [0.5, 0.6) is 0 Å². The number of hydrogen-bond donors (Lipinski definition) is 1. The van der Waals surface area contributed by atoms with Gasteiger partial charge in [-0.25, -0.2) is 4.39 Å². The Morgan fingerprint density at radius 2 is 2.00 bits per heavy atom. The molecule has 3 rings (SSSR count). The van der Waals surface area contributed by atoms with Crippen LogP contribution in [0, 0.1) is 5.82 Å². The Hall–Kier alpha value is -2.20. The molecule has 3 nitrogen and oxygen atoms in total. The van der Waals surface area contributed by atoms with Crippen LogP contribution < -0.4 is 0 Å². The van der Waals surface area contributed by atoms with Crippen LogP contribution in [0.15, 0.2) is 53.2 Å². The molecule has 18 heavy (non-hydrogen) atoms. The van der Waals surface area contributed by atoms with E-state index in [-0.39, 0.29) is 0 Å². The first-order valence-corrected chi connectivity index (χ1v) is 5.51. The molecule has 0 aliphatic heterocycles. The largest absolute Gasteiger partial charge is 0.458 e. The third kappa shape index (κ3) is 1.87. The van der Waals surface area contributed by atoms with Crippen LogP contribution in [0.25, 0.3) is 11.0 Å². The molecule has 0 saturated heterocycles. The minimum atomic E-state index is -1.01. The zero-order chi connectivity index (χ0) is 12.5. The average molecular weight is 243 g/mol. The number of para-hydroxylation sites is 1. The Bertz CT molecular complexity index is 660. The Morgan fingerprint density at radius 1 is 1.17 bits per heavy atom. The lowest BCUT2D eigenvalue weighted by Crippen LogP contribution is -1.99. The van der Waals surface area contributed by atoms with Crippen molar-refractivity contribution in [3.63, 3.8) is 0 Å². The predicted octanol–water partition coefficient (Wildman–Crippen LogP) is 3.05. The summed E-state index contributed by atoms with van der Waals surface area (Å²) in [6.07, 6.45) is 1.50. The van der Waals surface area contributed by atoms with Gasteiger partial charge in [0.05, 0.1) is 6.20 Å². The number of rotatable bonds is 2. The molecule has 1 N–H and O–H groups in total. The van der Waals surface area contributed by atoms with Crippen molar-refractivity contribution in [1.29, 1.82) is 0 Å². The molecule has 0 spiro atoms. The van der Waals surface area contributed by atoms with E-state index < -0.39 is 11.9 Å². The lowest BCUT2D eigenvalue weighted by atomic mass is 10.1. The minimum absolute atomic E-state index is 0.369. The third-order valence-electron chi connectivity index (χ3n) is 2.76. The monoisotopic (exact) mass is 243 g/mol. The second-order valence-corrected chi connectivity index (χ2v) is 4.03. The fraction of sp³-hybridized carbons (Fsp3) is 0.0714. The smallest absolute Gasteiger partial charge is 0.141 e. The summed E-state index contributed by atoms with van der Waals surface area (Å²) in [4.78, 5) is 3.71. The topological polar surface area (TPSA) is 46.3 Å². The highest BCUT2D eigenvalue weighted by molar-refractivity contribution is 5.77. The first kappa shape index (κ1) is 10.9. The number of aromatic nitrogens is 1. The fourth-order valence-electron chi connectivity index (χ4n) is 1.88. The summed E-state index contributed by atoms with van der Waals surface area (Å²) in [6, 6.07) is 10.4. The van der Waals surface area contributed by atoms with Gasteiger partial charge in [-0.3, -0.25) is 4.98 Å². The van der Waals surface area contributed by atoms with E-state index in [0.29, 0.717) is 16.9 Å². The number of nitrogens with zero attached hydrogens (tertiary/aromatic N) is 1. The standard InChI is InChI=1S/C14H10FNO2/c15-11-5-10(7-16-8-11)14(17)13-6-9-3-1-2-4-12(9)18-13/h1-8,14,17H. The molecular weight excluding hydrogens is 233 g/mol. The highest BCUT2D eigenvalue weighted by atomic mass is 19.1. The van der Waals surface area contributed by atoms with Crippen molar-refractivity contribution in [2.45, 2.75) is 6.10 Å². The molecule has 2 aromatic heterocycles. The Labute approximate surface area is 103 Å². The van der Waals surface area contributed by atoms with E-state index in [0.717, 1.165) is 11.6 Å². The summed E-state index contributed by atoms with van der Waals surface area (Å²) in [5.74, 6) is -0.105. The summed E-state index contributed by atoms with van der Waals surface area (Å²) < 4.78 is 18.6. The summed E-state index contributed by atoms with van der Waals surface area (Å²) in [6.45, 7) is 0. The van der Waals surface area contributed by atoms with Crippen molar-refractivity contribution in [2.24, 2.45) is 0 Å². The summed E-state index contributed by atoms with van der Waals surface area (Å²) in [5.41, 5.74) is 1.06. The van der Waals surface area contributed by atoms with E-state index in [9.17, 15) is 9.50 Å². The zero-order valence-corrected chi connectivity index (χ0v) is 9.38. The molecular formula is C14H10FNO2. The number of aliphatic hydroxyl groups excluding tert-OH is 1. The molecule has 0 aliphatic carbocycles. The lowest BCUT2D eigenvalue weighted by molar-refractivity contribution is 0.191. The number of halogens is 1. The van der Waals surface area contributed by atoms with Gasteiger partial charge >= 0.3 is 0 Å². The van der Waals surface area contributed by atoms with Crippen molar-refractivity contribution >= 4 is 11.0 Å². The maximum Gasteiger partial charge on any atom is 0.141 e. The van der Waals surface area contributed by atoms with Crippen LogP contribution in [0.1, 0.15) is 17.4 Å². The molecule has 0 amide bonds. The Balaban J connectivity index is 2.03. The van der Waals surface area contributed by atoms with Crippen molar-refractivity contribution in [2.75, 3.05) is 0 Å². The molecule has 90 valence electrons. The van der Waals surface area contributed by atoms with E-state index in [1.807, 2.05) is 24.3 Å². The van der Waals surface area contributed by atoms with Gasteiger partial charge in [-0.2, -0.15) is 0 Å². The molecule has 0 fully saturated rings. The van der Waals surface area contributed by atoms with Gasteiger partial charge in [0.2, 0.25) is 0 Å². The van der Waals surface area contributed by atoms with Gasteiger partial charge in [-0.1, -0.05) is 18.2 Å². The summed E-state index contributed by atoms with van der Waals surface area (Å²) >= 11 is 0. The Morgan fingerprint density at radius 3 is 2.78 bits per heavy atom. The number of hydrogen-bond acceptors (Lipinski definition) is 3. The lowest BCUT2D eigenvalue weighted by Gasteiger charge is -2.06. The molecule has 1 aromatic carbocycles. The molecule has 2 heterocycles. The first-order valence-electron chi connectivity index (χ1n) is 5.51. The van der Waals surface area contributed by atoms with E-state index in [2.05, 4.69) is 4.98 Å².